The Hall–Kier alpha value is -1.88. The van der Waals surface area contributed by atoms with Crippen molar-refractivity contribution in [3.8, 4) is 0 Å². The number of rotatable bonds is 3. The molecular formula is C13H16N2O3. The molecule has 1 aromatic rings. The van der Waals surface area contributed by atoms with Crippen LogP contribution in [0.3, 0.4) is 0 Å². The topological polar surface area (TPSA) is 60.9 Å². The zero-order valence-corrected chi connectivity index (χ0v) is 10.2. The lowest BCUT2D eigenvalue weighted by molar-refractivity contribution is -0.141. The lowest BCUT2D eigenvalue weighted by Crippen LogP contribution is -2.56. The van der Waals surface area contributed by atoms with E-state index in [1.807, 2.05) is 6.07 Å². The van der Waals surface area contributed by atoms with Gasteiger partial charge in [0.25, 0.3) is 5.91 Å². The minimum atomic E-state index is -0.413. The Morgan fingerprint density at radius 1 is 1.33 bits per heavy atom. The number of carbonyl (C=O) groups is 2. The molecule has 1 N–H and O–H groups in total. The molecular weight excluding hydrogens is 232 g/mol. The highest BCUT2D eigenvalue weighted by Gasteiger charge is 2.29. The van der Waals surface area contributed by atoms with Crippen LogP contribution in [0.2, 0.25) is 0 Å². The van der Waals surface area contributed by atoms with E-state index >= 15 is 0 Å². The largest absolute Gasteiger partial charge is 0.389 e. The quantitative estimate of drug-likeness (QED) is 0.816. The van der Waals surface area contributed by atoms with Crippen molar-refractivity contribution in [1.29, 1.82) is 0 Å². The first-order valence-corrected chi connectivity index (χ1v) is 5.84. The number of amides is 2. The summed E-state index contributed by atoms with van der Waals surface area (Å²) < 4.78 is 0. The number of β-amino-alcohol motifs (C(OH)–C–C–N with tert-alkyl or cyclic N) is 1. The minimum Gasteiger partial charge on any atom is -0.389 e. The Kier molecular flexibility index (Phi) is 3.62. The van der Waals surface area contributed by atoms with Gasteiger partial charge in [0, 0.05) is 25.7 Å². The van der Waals surface area contributed by atoms with E-state index in [1.54, 1.807) is 36.2 Å². The number of hydrogen-bond donors (Lipinski definition) is 1. The Morgan fingerprint density at radius 3 is 2.50 bits per heavy atom. The maximum Gasteiger partial charge on any atom is 0.254 e. The summed E-state index contributed by atoms with van der Waals surface area (Å²) >= 11 is 0. The molecule has 0 radical (unpaired) electrons. The third kappa shape index (κ3) is 2.68. The van der Waals surface area contributed by atoms with E-state index in [-0.39, 0.29) is 18.4 Å². The highest BCUT2D eigenvalue weighted by molar-refractivity contribution is 5.96. The van der Waals surface area contributed by atoms with Crippen LogP contribution in [-0.4, -0.2) is 59.5 Å². The first-order chi connectivity index (χ1) is 8.58. The van der Waals surface area contributed by atoms with Gasteiger partial charge in [0.05, 0.1) is 12.6 Å². The molecule has 1 aromatic carbocycles. The van der Waals surface area contributed by atoms with E-state index in [9.17, 15) is 9.59 Å². The molecule has 5 heteroatoms. The van der Waals surface area contributed by atoms with Crippen LogP contribution in [0.5, 0.6) is 0 Å². The molecule has 0 aromatic heterocycles. The second-order valence-electron chi connectivity index (χ2n) is 4.48. The second kappa shape index (κ2) is 5.18. The Morgan fingerprint density at radius 2 is 1.94 bits per heavy atom. The first kappa shape index (κ1) is 12.6. The summed E-state index contributed by atoms with van der Waals surface area (Å²) in [6.45, 7) is 0.777. The number of aliphatic hydroxyl groups excluding tert-OH is 1. The van der Waals surface area contributed by atoms with Gasteiger partial charge in [0.2, 0.25) is 5.91 Å². The van der Waals surface area contributed by atoms with E-state index in [0.717, 1.165) is 0 Å². The molecule has 1 fully saturated rings. The van der Waals surface area contributed by atoms with E-state index in [2.05, 4.69) is 0 Å². The highest BCUT2D eigenvalue weighted by Crippen LogP contribution is 2.09. The van der Waals surface area contributed by atoms with Gasteiger partial charge >= 0.3 is 0 Å². The number of aliphatic hydroxyl groups is 1. The fraction of sp³-hybridized carbons (Fsp3) is 0.385. The van der Waals surface area contributed by atoms with Gasteiger partial charge < -0.3 is 14.9 Å². The van der Waals surface area contributed by atoms with Gasteiger partial charge in [-0.15, -0.1) is 0 Å². The maximum absolute atomic E-state index is 12.0. The van der Waals surface area contributed by atoms with E-state index in [4.69, 9.17) is 5.11 Å². The molecule has 0 saturated carbocycles. The summed E-state index contributed by atoms with van der Waals surface area (Å²) in [5.41, 5.74) is 0.566. The number of benzene rings is 1. The molecule has 0 spiro atoms. The van der Waals surface area contributed by atoms with Crippen LogP contribution in [0.15, 0.2) is 30.3 Å². The van der Waals surface area contributed by atoms with E-state index in [0.29, 0.717) is 18.7 Å². The zero-order valence-electron chi connectivity index (χ0n) is 10.2. The average Bonchev–Trinajstić information content (AvgIpc) is 2.35. The van der Waals surface area contributed by atoms with Gasteiger partial charge in [-0.3, -0.25) is 9.59 Å². The molecule has 0 aliphatic carbocycles. The predicted octanol–water partition coefficient (Wildman–Crippen LogP) is -0.0383. The van der Waals surface area contributed by atoms with Crippen molar-refractivity contribution < 1.29 is 14.7 Å². The summed E-state index contributed by atoms with van der Waals surface area (Å²) in [5, 5.41) is 9.11. The van der Waals surface area contributed by atoms with Crippen LogP contribution in [-0.2, 0) is 4.79 Å². The molecule has 0 atom stereocenters. The van der Waals surface area contributed by atoms with Crippen LogP contribution >= 0.6 is 0 Å². The monoisotopic (exact) mass is 248 g/mol. The van der Waals surface area contributed by atoms with Crippen molar-refractivity contribution in [3.63, 3.8) is 0 Å². The SMILES string of the molecule is CN(CC(=O)N1CC(O)C1)C(=O)c1ccccc1. The Balaban J connectivity index is 1.90. The predicted molar refractivity (Wildman–Crippen MR) is 66.0 cm³/mol. The minimum absolute atomic E-state index is 0.0421. The van der Waals surface area contributed by atoms with Crippen LogP contribution in [0.4, 0.5) is 0 Å². The average molecular weight is 248 g/mol. The summed E-state index contributed by atoms with van der Waals surface area (Å²) in [7, 11) is 1.60. The summed E-state index contributed by atoms with van der Waals surface area (Å²) in [6.07, 6.45) is -0.413. The van der Waals surface area contributed by atoms with Gasteiger partial charge in [0.1, 0.15) is 0 Å². The molecule has 1 saturated heterocycles. The normalized spacial score (nSPS) is 15.1. The molecule has 1 aliphatic rings. The first-order valence-electron chi connectivity index (χ1n) is 5.84. The van der Waals surface area contributed by atoms with Crippen LogP contribution in [0.1, 0.15) is 10.4 Å². The molecule has 0 bridgehead atoms. The number of hydrogen-bond acceptors (Lipinski definition) is 3. The lowest BCUT2D eigenvalue weighted by atomic mass is 10.1. The number of carbonyl (C=O) groups excluding carboxylic acids is 2. The third-order valence-electron chi connectivity index (χ3n) is 2.95. The number of nitrogens with zero attached hydrogens (tertiary/aromatic N) is 2. The number of likely N-dealkylation sites (tertiary alicyclic amines) is 1. The van der Waals surface area contributed by atoms with Crippen molar-refractivity contribution in [2.24, 2.45) is 0 Å². The molecule has 2 amide bonds. The van der Waals surface area contributed by atoms with Crippen LogP contribution in [0.25, 0.3) is 0 Å². The van der Waals surface area contributed by atoms with Gasteiger partial charge in [0.15, 0.2) is 0 Å². The molecule has 5 nitrogen and oxygen atoms in total. The smallest absolute Gasteiger partial charge is 0.254 e. The fourth-order valence-electron chi connectivity index (χ4n) is 1.83. The molecule has 2 rings (SSSR count). The summed E-state index contributed by atoms with van der Waals surface area (Å²) in [5.74, 6) is -0.308. The Labute approximate surface area is 106 Å². The zero-order chi connectivity index (χ0) is 13.1. The highest BCUT2D eigenvalue weighted by atomic mass is 16.3. The molecule has 1 aliphatic heterocycles. The fourth-order valence-corrected chi connectivity index (χ4v) is 1.83. The standard InChI is InChI=1S/C13H16N2O3/c1-14(9-12(17)15-7-11(16)8-15)13(18)10-5-3-2-4-6-10/h2-6,11,16H,7-9H2,1H3. The van der Waals surface area contributed by atoms with Gasteiger partial charge in [-0.05, 0) is 12.1 Å². The van der Waals surface area contributed by atoms with Crippen LogP contribution in [0, 0.1) is 0 Å². The van der Waals surface area contributed by atoms with Gasteiger partial charge in [-0.2, -0.15) is 0 Å². The third-order valence-corrected chi connectivity index (χ3v) is 2.95. The number of likely N-dealkylation sites (N-methyl/N-ethyl adjacent to an activating group) is 1. The summed E-state index contributed by atoms with van der Waals surface area (Å²) in [6, 6.07) is 8.85. The van der Waals surface area contributed by atoms with E-state index < -0.39 is 6.10 Å². The summed E-state index contributed by atoms with van der Waals surface area (Å²) in [4.78, 5) is 26.6. The molecule has 96 valence electrons. The lowest BCUT2D eigenvalue weighted by Gasteiger charge is -2.36. The van der Waals surface area contributed by atoms with Crippen molar-refractivity contribution >= 4 is 11.8 Å². The maximum atomic E-state index is 12.0. The molecule has 0 unspecified atom stereocenters. The van der Waals surface area contributed by atoms with Crippen molar-refractivity contribution in [3.05, 3.63) is 35.9 Å². The van der Waals surface area contributed by atoms with E-state index in [1.165, 1.54) is 4.90 Å². The molecule has 1 heterocycles. The Bertz CT molecular complexity index is 441. The van der Waals surface area contributed by atoms with Gasteiger partial charge in [-0.25, -0.2) is 0 Å². The van der Waals surface area contributed by atoms with Crippen molar-refractivity contribution in [1.82, 2.24) is 9.80 Å². The van der Waals surface area contributed by atoms with Crippen molar-refractivity contribution in [2.75, 3.05) is 26.7 Å². The second-order valence-corrected chi connectivity index (χ2v) is 4.48. The van der Waals surface area contributed by atoms with Gasteiger partial charge in [-0.1, -0.05) is 18.2 Å². The molecule has 18 heavy (non-hydrogen) atoms. The van der Waals surface area contributed by atoms with Crippen molar-refractivity contribution in [2.45, 2.75) is 6.10 Å². The van der Waals surface area contributed by atoms with Crippen LogP contribution < -0.4 is 0 Å².